The summed E-state index contributed by atoms with van der Waals surface area (Å²) in [6.45, 7) is 7.11. The summed E-state index contributed by atoms with van der Waals surface area (Å²) in [4.78, 5) is 0. The molecule has 0 rings (SSSR count). The van der Waals surface area contributed by atoms with E-state index in [1.807, 2.05) is 0 Å². The smallest absolute Gasteiger partial charge is 0.377 e. The van der Waals surface area contributed by atoms with Crippen LogP contribution in [0.4, 0.5) is 0 Å². The maximum Gasteiger partial charge on any atom is 0.500 e. The lowest BCUT2D eigenvalue weighted by Gasteiger charge is -2.26. The zero-order chi connectivity index (χ0) is 19.7. The second-order valence-corrected chi connectivity index (χ2v) is 11.2. The molecule has 0 aromatic carbocycles. The van der Waals surface area contributed by atoms with Gasteiger partial charge in [-0.2, -0.15) is 0 Å². The van der Waals surface area contributed by atoms with Crippen LogP contribution in [-0.2, 0) is 13.3 Å². The van der Waals surface area contributed by atoms with Gasteiger partial charge < -0.3 is 13.3 Å². The van der Waals surface area contributed by atoms with E-state index in [9.17, 15) is 0 Å². The normalized spacial score (nSPS) is 14.5. The fraction of sp³-hybridized carbons (Fsp3) is 1.00. The van der Waals surface area contributed by atoms with Crippen molar-refractivity contribution in [2.45, 2.75) is 110 Å². The van der Waals surface area contributed by atoms with Gasteiger partial charge in [-0.1, -0.05) is 97.8 Å². The minimum atomic E-state index is -2.37. The van der Waals surface area contributed by atoms with Gasteiger partial charge in [0.25, 0.3) is 0 Å². The van der Waals surface area contributed by atoms with Gasteiger partial charge in [0.05, 0.1) is 0 Å². The molecule has 0 N–H and O–H groups in total. The van der Waals surface area contributed by atoms with Crippen LogP contribution in [0, 0.1) is 11.8 Å². The lowest BCUT2D eigenvalue weighted by atomic mass is 9.87. The molecule has 158 valence electrons. The summed E-state index contributed by atoms with van der Waals surface area (Å²) in [5, 5.41) is 0. The molecule has 0 aromatic rings. The Morgan fingerprint density at radius 3 is 1.38 bits per heavy atom. The highest BCUT2D eigenvalue weighted by molar-refractivity contribution is 6.60. The molecule has 0 fully saturated rings. The van der Waals surface area contributed by atoms with Crippen LogP contribution in [0.1, 0.15) is 104 Å². The quantitative estimate of drug-likeness (QED) is 0.172. The van der Waals surface area contributed by atoms with Crippen molar-refractivity contribution in [3.8, 4) is 0 Å². The Balaban J connectivity index is 3.63. The number of hydrogen-bond donors (Lipinski definition) is 0. The highest BCUT2D eigenvalue weighted by Gasteiger charge is 2.37. The summed E-state index contributed by atoms with van der Waals surface area (Å²) in [6.07, 6.45) is 18.0. The summed E-state index contributed by atoms with van der Waals surface area (Å²) in [6, 6.07) is 0.922. The predicted octanol–water partition coefficient (Wildman–Crippen LogP) is 7.23. The van der Waals surface area contributed by atoms with Crippen molar-refractivity contribution in [1.82, 2.24) is 0 Å². The van der Waals surface area contributed by atoms with E-state index in [1.54, 1.807) is 21.3 Å². The zero-order valence-electron chi connectivity index (χ0n) is 18.8. The molecule has 2 atom stereocenters. The molecule has 0 aromatic heterocycles. The molecule has 0 aliphatic rings. The fourth-order valence-corrected chi connectivity index (χ4v) is 5.47. The van der Waals surface area contributed by atoms with Gasteiger partial charge in [0.2, 0.25) is 0 Å². The van der Waals surface area contributed by atoms with Crippen molar-refractivity contribution in [3.05, 3.63) is 0 Å². The Morgan fingerprint density at radius 1 is 0.577 bits per heavy atom. The summed E-state index contributed by atoms with van der Waals surface area (Å²) in [5.41, 5.74) is 0. The standard InChI is InChI=1S/C22H48O3Si/c1-7-8-9-10-11-12-13-14-15-16-18-21(2)22(3)19-17-20-26(23-4,24-5)25-6/h21-22H,7-20H2,1-6H3. The first-order valence-corrected chi connectivity index (χ1v) is 13.1. The molecule has 0 aliphatic heterocycles. The van der Waals surface area contributed by atoms with Crippen LogP contribution in [0.2, 0.25) is 6.04 Å². The molecule has 0 amide bonds. The maximum absolute atomic E-state index is 5.51. The molecule has 0 aliphatic carbocycles. The Morgan fingerprint density at radius 2 is 0.962 bits per heavy atom. The van der Waals surface area contributed by atoms with E-state index in [-0.39, 0.29) is 0 Å². The van der Waals surface area contributed by atoms with Gasteiger partial charge in [-0.15, -0.1) is 0 Å². The van der Waals surface area contributed by atoms with Crippen LogP contribution in [-0.4, -0.2) is 30.1 Å². The topological polar surface area (TPSA) is 27.7 Å². The highest BCUT2D eigenvalue weighted by atomic mass is 28.4. The van der Waals surface area contributed by atoms with Crippen LogP contribution in [0.5, 0.6) is 0 Å². The molecule has 0 heterocycles. The monoisotopic (exact) mass is 388 g/mol. The summed E-state index contributed by atoms with van der Waals surface area (Å²) in [5.74, 6) is 1.58. The molecule has 2 unspecified atom stereocenters. The van der Waals surface area contributed by atoms with Crippen molar-refractivity contribution >= 4 is 8.80 Å². The van der Waals surface area contributed by atoms with Gasteiger partial charge in [-0.3, -0.25) is 0 Å². The minimum Gasteiger partial charge on any atom is -0.377 e. The van der Waals surface area contributed by atoms with Crippen LogP contribution in [0.3, 0.4) is 0 Å². The average molecular weight is 389 g/mol. The van der Waals surface area contributed by atoms with Crippen molar-refractivity contribution in [3.63, 3.8) is 0 Å². The maximum atomic E-state index is 5.51. The van der Waals surface area contributed by atoms with E-state index in [4.69, 9.17) is 13.3 Å². The fourth-order valence-electron chi connectivity index (χ4n) is 3.72. The minimum absolute atomic E-state index is 0.769. The Bertz CT molecular complexity index is 287. The van der Waals surface area contributed by atoms with Crippen LogP contribution in [0.15, 0.2) is 0 Å². The number of rotatable bonds is 19. The van der Waals surface area contributed by atoms with E-state index < -0.39 is 8.80 Å². The third-order valence-electron chi connectivity index (χ3n) is 6.06. The predicted molar refractivity (Wildman–Crippen MR) is 116 cm³/mol. The van der Waals surface area contributed by atoms with Crippen molar-refractivity contribution in [2.75, 3.05) is 21.3 Å². The average Bonchev–Trinajstić information content (AvgIpc) is 2.66. The Kier molecular flexibility index (Phi) is 17.3. The molecule has 4 heteroatoms. The SMILES string of the molecule is CCCCCCCCCCCCC(C)C(C)CCC[Si](OC)(OC)OC. The summed E-state index contributed by atoms with van der Waals surface area (Å²) >= 11 is 0. The Labute approximate surface area is 165 Å². The molecule has 0 bridgehead atoms. The van der Waals surface area contributed by atoms with E-state index in [0.717, 1.165) is 24.3 Å². The molecule has 0 saturated carbocycles. The third kappa shape index (κ3) is 12.5. The number of unbranched alkanes of at least 4 members (excludes halogenated alkanes) is 9. The zero-order valence-corrected chi connectivity index (χ0v) is 19.8. The molecule has 3 nitrogen and oxygen atoms in total. The largest absolute Gasteiger partial charge is 0.500 e. The van der Waals surface area contributed by atoms with Gasteiger partial charge >= 0.3 is 8.80 Å². The highest BCUT2D eigenvalue weighted by Crippen LogP contribution is 2.26. The van der Waals surface area contributed by atoms with Crippen LogP contribution in [0.25, 0.3) is 0 Å². The molecule has 26 heavy (non-hydrogen) atoms. The van der Waals surface area contributed by atoms with Gasteiger partial charge in [0.1, 0.15) is 0 Å². The van der Waals surface area contributed by atoms with E-state index in [0.29, 0.717) is 0 Å². The lowest BCUT2D eigenvalue weighted by molar-refractivity contribution is 0.122. The summed E-state index contributed by atoms with van der Waals surface area (Å²) in [7, 11) is 2.74. The van der Waals surface area contributed by atoms with Gasteiger partial charge in [0, 0.05) is 27.4 Å². The summed E-state index contributed by atoms with van der Waals surface area (Å²) < 4.78 is 16.5. The van der Waals surface area contributed by atoms with E-state index in [1.165, 1.54) is 77.0 Å². The molecular formula is C22H48O3Si. The third-order valence-corrected chi connectivity index (χ3v) is 8.89. The second-order valence-electron chi connectivity index (χ2n) is 8.11. The number of hydrogen-bond acceptors (Lipinski definition) is 3. The van der Waals surface area contributed by atoms with Crippen LogP contribution >= 0.6 is 0 Å². The first-order chi connectivity index (χ1) is 12.5. The molecule has 0 saturated heterocycles. The van der Waals surface area contributed by atoms with Crippen molar-refractivity contribution < 1.29 is 13.3 Å². The first-order valence-electron chi connectivity index (χ1n) is 11.2. The van der Waals surface area contributed by atoms with E-state index >= 15 is 0 Å². The van der Waals surface area contributed by atoms with Crippen molar-refractivity contribution in [2.24, 2.45) is 11.8 Å². The second kappa shape index (κ2) is 17.2. The first kappa shape index (κ1) is 26.1. The van der Waals surface area contributed by atoms with Crippen LogP contribution < -0.4 is 0 Å². The molecular weight excluding hydrogens is 340 g/mol. The Hall–Kier alpha value is 0.0969. The molecule has 0 spiro atoms. The van der Waals surface area contributed by atoms with Gasteiger partial charge in [0.15, 0.2) is 0 Å². The van der Waals surface area contributed by atoms with Gasteiger partial charge in [-0.05, 0) is 18.3 Å². The molecule has 0 radical (unpaired) electrons. The van der Waals surface area contributed by atoms with Gasteiger partial charge in [-0.25, -0.2) is 0 Å². The van der Waals surface area contributed by atoms with E-state index in [2.05, 4.69) is 20.8 Å². The van der Waals surface area contributed by atoms with Crippen molar-refractivity contribution in [1.29, 1.82) is 0 Å². The lowest BCUT2D eigenvalue weighted by Crippen LogP contribution is -2.42.